The fraction of sp³-hybridized carbons (Fsp3) is 0.467. The highest BCUT2D eigenvalue weighted by molar-refractivity contribution is 6.14. The molecule has 3 heterocycles. The van der Waals surface area contributed by atoms with Gasteiger partial charge in [-0.05, 0) is 55.1 Å². The first-order valence-electron chi connectivity index (χ1n) is 13.6. The topological polar surface area (TPSA) is 91.3 Å². The summed E-state index contributed by atoms with van der Waals surface area (Å²) in [5.41, 5.74) is 2.97. The van der Waals surface area contributed by atoms with E-state index in [0.717, 1.165) is 24.2 Å². The highest BCUT2D eigenvalue weighted by atomic mass is 16.5. The number of hydrogen-bond donors (Lipinski definition) is 1. The number of nitrogens with zero attached hydrogens (tertiary/aromatic N) is 3. The average Bonchev–Trinajstić information content (AvgIpc) is 3.31. The lowest BCUT2D eigenvalue weighted by atomic mass is 9.84. The number of hydrogen-bond acceptors (Lipinski definition) is 5. The van der Waals surface area contributed by atoms with E-state index >= 15 is 0 Å². The maximum Gasteiger partial charge on any atom is 0.409 e. The molecule has 3 amide bonds. The SMILES string of the molecule is CC(C)C1=N[C@H](NC(=O)OCc2ccccc2)C(=O)N(CC(=O)N2CC3CCC(CC3)C2)c2ccccc21. The molecule has 0 unspecified atom stereocenters. The molecule has 2 bridgehead atoms. The van der Waals surface area contributed by atoms with Gasteiger partial charge in [0.05, 0.1) is 5.69 Å². The molecule has 4 aliphatic rings. The maximum absolute atomic E-state index is 13.9. The standard InChI is InChI=1S/C30H36N4O4/c1-20(2)27-24-10-6-7-11-25(24)34(18-26(35)33-16-21-12-13-22(17-33)15-14-21)29(36)28(31-27)32-30(37)38-19-23-8-4-3-5-9-23/h3-11,20-22,28H,12-19H2,1-2H3,(H,32,37)/t21?,22?,28-/m1/s1. The highest BCUT2D eigenvalue weighted by Gasteiger charge is 2.37. The van der Waals surface area contributed by atoms with Crippen LogP contribution < -0.4 is 10.2 Å². The number of carbonyl (C=O) groups is 3. The zero-order valence-electron chi connectivity index (χ0n) is 22.1. The maximum atomic E-state index is 13.9. The van der Waals surface area contributed by atoms with Crippen molar-refractivity contribution in [2.45, 2.75) is 52.3 Å². The number of amides is 3. The Bertz CT molecular complexity index is 1190. The molecule has 6 rings (SSSR count). The van der Waals surface area contributed by atoms with Gasteiger partial charge in [-0.3, -0.25) is 24.8 Å². The molecule has 0 radical (unpaired) electrons. The number of benzene rings is 2. The van der Waals surface area contributed by atoms with Gasteiger partial charge in [-0.2, -0.15) is 0 Å². The summed E-state index contributed by atoms with van der Waals surface area (Å²) < 4.78 is 5.38. The third kappa shape index (κ3) is 5.74. The number of carbonyl (C=O) groups excluding carboxylic acids is 3. The number of para-hydroxylation sites is 1. The van der Waals surface area contributed by atoms with Crippen molar-refractivity contribution < 1.29 is 19.1 Å². The van der Waals surface area contributed by atoms with Crippen molar-refractivity contribution >= 4 is 29.3 Å². The van der Waals surface area contributed by atoms with E-state index in [1.54, 1.807) is 0 Å². The molecule has 1 aliphatic carbocycles. The van der Waals surface area contributed by atoms with E-state index in [1.807, 2.05) is 73.3 Å². The van der Waals surface area contributed by atoms with E-state index in [1.165, 1.54) is 30.6 Å². The van der Waals surface area contributed by atoms with Crippen LogP contribution in [0.3, 0.4) is 0 Å². The molecule has 1 saturated carbocycles. The van der Waals surface area contributed by atoms with Crippen molar-refractivity contribution in [2.75, 3.05) is 24.5 Å². The lowest BCUT2D eigenvalue weighted by Gasteiger charge is -2.29. The zero-order valence-corrected chi connectivity index (χ0v) is 22.1. The monoisotopic (exact) mass is 516 g/mol. The molecular formula is C30H36N4O4. The summed E-state index contributed by atoms with van der Waals surface area (Å²) in [6, 6.07) is 16.9. The van der Waals surface area contributed by atoms with Crippen LogP contribution in [-0.2, 0) is 20.9 Å². The van der Waals surface area contributed by atoms with Crippen LogP contribution in [0.25, 0.3) is 0 Å². The number of fused-ring (bicyclic) bond motifs is 5. The van der Waals surface area contributed by atoms with Crippen LogP contribution in [0.15, 0.2) is 59.6 Å². The molecule has 1 N–H and O–H groups in total. The normalized spacial score (nSPS) is 22.9. The van der Waals surface area contributed by atoms with Crippen molar-refractivity contribution in [3.8, 4) is 0 Å². The van der Waals surface area contributed by atoms with Crippen molar-refractivity contribution in [1.29, 1.82) is 0 Å². The third-order valence-electron chi connectivity index (χ3n) is 7.82. The Morgan fingerprint density at radius 2 is 1.61 bits per heavy atom. The first kappa shape index (κ1) is 25.9. The fourth-order valence-electron chi connectivity index (χ4n) is 5.78. The summed E-state index contributed by atoms with van der Waals surface area (Å²) in [7, 11) is 0. The van der Waals surface area contributed by atoms with E-state index < -0.39 is 18.2 Å². The van der Waals surface area contributed by atoms with Crippen molar-refractivity contribution in [3.63, 3.8) is 0 Å². The van der Waals surface area contributed by atoms with Gasteiger partial charge in [-0.1, -0.05) is 62.4 Å². The number of rotatable bonds is 6. The molecule has 2 aromatic carbocycles. The molecule has 3 aliphatic heterocycles. The van der Waals surface area contributed by atoms with Gasteiger partial charge < -0.3 is 9.64 Å². The molecule has 2 saturated heterocycles. The van der Waals surface area contributed by atoms with Gasteiger partial charge in [-0.25, -0.2) is 4.79 Å². The summed E-state index contributed by atoms with van der Waals surface area (Å²) in [5.74, 6) is 0.552. The molecule has 8 nitrogen and oxygen atoms in total. The second-order valence-corrected chi connectivity index (χ2v) is 10.9. The molecule has 2 aromatic rings. The Labute approximate surface area is 224 Å². The number of alkyl carbamates (subject to hydrolysis) is 1. The van der Waals surface area contributed by atoms with E-state index in [-0.39, 0.29) is 25.0 Å². The molecule has 3 fully saturated rings. The molecule has 8 heteroatoms. The largest absolute Gasteiger partial charge is 0.445 e. The smallest absolute Gasteiger partial charge is 0.409 e. The summed E-state index contributed by atoms with van der Waals surface area (Å²) in [5, 5.41) is 2.65. The van der Waals surface area contributed by atoms with Crippen LogP contribution in [0.4, 0.5) is 10.5 Å². The van der Waals surface area contributed by atoms with E-state index in [9.17, 15) is 14.4 Å². The van der Waals surface area contributed by atoms with Gasteiger partial charge >= 0.3 is 6.09 Å². The van der Waals surface area contributed by atoms with Crippen LogP contribution >= 0.6 is 0 Å². The summed E-state index contributed by atoms with van der Waals surface area (Å²) in [6.45, 7) is 5.49. The number of anilines is 1. The molecule has 1 atom stereocenters. The molecule has 38 heavy (non-hydrogen) atoms. The summed E-state index contributed by atoms with van der Waals surface area (Å²) >= 11 is 0. The van der Waals surface area contributed by atoms with Crippen molar-refractivity contribution in [1.82, 2.24) is 10.2 Å². The van der Waals surface area contributed by atoms with Crippen LogP contribution in [0, 0.1) is 17.8 Å². The number of benzodiazepines with no additional fused rings is 1. The number of ether oxygens (including phenoxy) is 1. The van der Waals surface area contributed by atoms with Gasteiger partial charge in [-0.15, -0.1) is 0 Å². The van der Waals surface area contributed by atoms with Gasteiger partial charge in [0.2, 0.25) is 12.1 Å². The minimum absolute atomic E-state index is 0.00882. The number of nitrogens with one attached hydrogen (secondary N) is 1. The average molecular weight is 517 g/mol. The lowest BCUT2D eigenvalue weighted by molar-refractivity contribution is -0.132. The Balaban J connectivity index is 1.38. The number of aliphatic imine (C=N–C) groups is 1. The van der Waals surface area contributed by atoms with Crippen LogP contribution in [-0.4, -0.2) is 54.3 Å². The fourth-order valence-corrected chi connectivity index (χ4v) is 5.78. The van der Waals surface area contributed by atoms with Gasteiger partial charge in [0.1, 0.15) is 13.2 Å². The van der Waals surface area contributed by atoms with Gasteiger partial charge in [0, 0.05) is 24.4 Å². The van der Waals surface area contributed by atoms with E-state index in [4.69, 9.17) is 9.73 Å². The summed E-state index contributed by atoms with van der Waals surface area (Å²) in [4.78, 5) is 48.4. The Hall–Kier alpha value is -3.68. The Morgan fingerprint density at radius 1 is 0.974 bits per heavy atom. The first-order chi connectivity index (χ1) is 18.4. The Kier molecular flexibility index (Phi) is 7.77. The zero-order chi connectivity index (χ0) is 26.6. The molecule has 0 aromatic heterocycles. The molecule has 0 spiro atoms. The minimum atomic E-state index is -1.20. The van der Waals surface area contributed by atoms with E-state index in [0.29, 0.717) is 23.2 Å². The van der Waals surface area contributed by atoms with E-state index in [2.05, 4.69) is 5.32 Å². The molecule has 200 valence electrons. The predicted octanol–water partition coefficient (Wildman–Crippen LogP) is 4.38. The van der Waals surface area contributed by atoms with Crippen LogP contribution in [0.1, 0.15) is 50.7 Å². The van der Waals surface area contributed by atoms with Crippen LogP contribution in [0.2, 0.25) is 0 Å². The lowest BCUT2D eigenvalue weighted by Crippen LogP contribution is -2.51. The first-order valence-corrected chi connectivity index (χ1v) is 13.6. The minimum Gasteiger partial charge on any atom is -0.445 e. The highest BCUT2D eigenvalue weighted by Crippen LogP contribution is 2.34. The van der Waals surface area contributed by atoms with Crippen LogP contribution in [0.5, 0.6) is 0 Å². The second kappa shape index (κ2) is 11.4. The summed E-state index contributed by atoms with van der Waals surface area (Å²) in [6.07, 6.45) is 2.74. The molecular weight excluding hydrogens is 480 g/mol. The van der Waals surface area contributed by atoms with Gasteiger partial charge in [0.15, 0.2) is 0 Å². The third-order valence-corrected chi connectivity index (χ3v) is 7.82. The second-order valence-electron chi connectivity index (χ2n) is 10.9. The Morgan fingerprint density at radius 3 is 2.26 bits per heavy atom. The van der Waals surface area contributed by atoms with Crippen molar-refractivity contribution in [3.05, 3.63) is 65.7 Å². The quantitative estimate of drug-likeness (QED) is 0.617. The predicted molar refractivity (Wildman–Crippen MR) is 146 cm³/mol. The van der Waals surface area contributed by atoms with Gasteiger partial charge in [0.25, 0.3) is 5.91 Å². The van der Waals surface area contributed by atoms with Crippen molar-refractivity contribution in [2.24, 2.45) is 22.7 Å².